The van der Waals surface area contributed by atoms with Crippen molar-refractivity contribution in [2.75, 3.05) is 6.54 Å². The lowest BCUT2D eigenvalue weighted by Gasteiger charge is -2.33. The summed E-state index contributed by atoms with van der Waals surface area (Å²) in [5.41, 5.74) is -1.33. The van der Waals surface area contributed by atoms with Crippen LogP contribution in [0, 0.1) is 0 Å². The van der Waals surface area contributed by atoms with Crippen molar-refractivity contribution in [1.29, 1.82) is 0 Å². The van der Waals surface area contributed by atoms with E-state index in [-0.39, 0.29) is 11.6 Å². The van der Waals surface area contributed by atoms with Gasteiger partial charge >= 0.3 is 5.97 Å². The molecule has 1 aromatic rings. The quantitative estimate of drug-likeness (QED) is 0.854. The summed E-state index contributed by atoms with van der Waals surface area (Å²) in [5.74, 6) is -1.07. The minimum Gasteiger partial charge on any atom is -0.480 e. The monoisotopic (exact) mass is 315 g/mol. The van der Waals surface area contributed by atoms with Gasteiger partial charge in [-0.1, -0.05) is 13.3 Å². The summed E-state index contributed by atoms with van der Waals surface area (Å²) >= 11 is 0. The first kappa shape index (κ1) is 16.0. The Kier molecular flexibility index (Phi) is 4.38. The molecule has 1 fully saturated rings. The molecule has 0 radical (unpaired) electrons. The van der Waals surface area contributed by atoms with Crippen LogP contribution in [0.15, 0.2) is 17.6 Å². The highest BCUT2D eigenvalue weighted by Gasteiger charge is 2.53. The second kappa shape index (κ2) is 5.76. The van der Waals surface area contributed by atoms with Crippen LogP contribution in [0.1, 0.15) is 39.5 Å². The lowest BCUT2D eigenvalue weighted by atomic mass is 9.92. The van der Waals surface area contributed by atoms with Crippen LogP contribution in [-0.2, 0) is 21.4 Å². The average Bonchev–Trinajstić information content (AvgIpc) is 3.06. The molecule has 0 saturated carbocycles. The maximum absolute atomic E-state index is 12.7. The zero-order chi connectivity index (χ0) is 15.7. The van der Waals surface area contributed by atoms with E-state index in [2.05, 4.69) is 4.98 Å². The summed E-state index contributed by atoms with van der Waals surface area (Å²) in [7, 11) is -3.88. The van der Waals surface area contributed by atoms with Crippen LogP contribution in [0.2, 0.25) is 0 Å². The molecule has 1 atom stereocenters. The van der Waals surface area contributed by atoms with Crippen molar-refractivity contribution in [2.45, 2.75) is 56.6 Å². The van der Waals surface area contributed by atoms with Crippen molar-refractivity contribution in [3.05, 3.63) is 12.5 Å². The fraction of sp³-hybridized carbons (Fsp3) is 0.692. The summed E-state index contributed by atoms with van der Waals surface area (Å²) in [5, 5.41) is 9.52. The zero-order valence-corrected chi connectivity index (χ0v) is 13.1. The summed E-state index contributed by atoms with van der Waals surface area (Å²) < 4.78 is 28.3. The van der Waals surface area contributed by atoms with Gasteiger partial charge in [0.05, 0.1) is 6.33 Å². The molecule has 21 heavy (non-hydrogen) atoms. The maximum atomic E-state index is 12.7. The summed E-state index contributed by atoms with van der Waals surface area (Å²) in [6.07, 6.45) is 4.74. The lowest BCUT2D eigenvalue weighted by molar-refractivity contribution is -0.147. The van der Waals surface area contributed by atoms with Crippen LogP contribution in [-0.4, -0.2) is 45.4 Å². The van der Waals surface area contributed by atoms with E-state index in [0.29, 0.717) is 32.2 Å². The van der Waals surface area contributed by atoms with Crippen LogP contribution in [0.5, 0.6) is 0 Å². The van der Waals surface area contributed by atoms with Crippen molar-refractivity contribution >= 4 is 16.0 Å². The molecule has 2 rings (SSSR count). The number of aryl methyl sites for hydroxylation is 1. The van der Waals surface area contributed by atoms with E-state index in [1.807, 2.05) is 13.8 Å². The first-order chi connectivity index (χ1) is 9.88. The van der Waals surface area contributed by atoms with Crippen molar-refractivity contribution in [1.82, 2.24) is 13.9 Å². The molecular formula is C13H21N3O4S. The van der Waals surface area contributed by atoms with Gasteiger partial charge in [-0.15, -0.1) is 0 Å². The van der Waals surface area contributed by atoms with E-state index in [1.54, 1.807) is 4.57 Å². The number of nitrogens with zero attached hydrogens (tertiary/aromatic N) is 3. The maximum Gasteiger partial charge on any atom is 0.325 e. The molecule has 2 heterocycles. The molecule has 1 aromatic heterocycles. The highest BCUT2D eigenvalue weighted by molar-refractivity contribution is 7.89. The number of carbonyl (C=O) groups is 1. The highest BCUT2D eigenvalue weighted by Crippen LogP contribution is 2.38. The molecule has 1 aliphatic rings. The lowest BCUT2D eigenvalue weighted by Crippen LogP contribution is -2.52. The Morgan fingerprint density at radius 1 is 1.48 bits per heavy atom. The Hall–Kier alpha value is -1.41. The van der Waals surface area contributed by atoms with Crippen LogP contribution >= 0.6 is 0 Å². The van der Waals surface area contributed by atoms with Gasteiger partial charge in [0, 0.05) is 19.3 Å². The molecule has 0 aliphatic carbocycles. The predicted octanol–water partition coefficient (Wildman–Crippen LogP) is 1.31. The summed E-state index contributed by atoms with van der Waals surface area (Å²) in [6.45, 7) is 4.58. The standard InChI is InChI=1S/C13H21N3O4S/c1-3-6-13(12(17)18)7-5-8-16(13)21(19,20)11-9-15(4-2)10-14-11/h9-10H,3-8H2,1-2H3,(H,17,18). The van der Waals surface area contributed by atoms with Crippen LogP contribution in [0.4, 0.5) is 0 Å². The van der Waals surface area contributed by atoms with E-state index in [9.17, 15) is 18.3 Å². The molecule has 7 nitrogen and oxygen atoms in total. The topological polar surface area (TPSA) is 92.5 Å². The molecule has 0 bridgehead atoms. The molecule has 118 valence electrons. The molecule has 0 spiro atoms. The van der Waals surface area contributed by atoms with E-state index in [0.717, 1.165) is 4.31 Å². The molecular weight excluding hydrogens is 294 g/mol. The largest absolute Gasteiger partial charge is 0.480 e. The molecule has 1 unspecified atom stereocenters. The first-order valence-electron chi connectivity index (χ1n) is 7.16. The van der Waals surface area contributed by atoms with Crippen molar-refractivity contribution < 1.29 is 18.3 Å². The van der Waals surface area contributed by atoms with Crippen LogP contribution < -0.4 is 0 Å². The van der Waals surface area contributed by atoms with Gasteiger partial charge in [-0.3, -0.25) is 4.79 Å². The Morgan fingerprint density at radius 2 is 2.19 bits per heavy atom. The number of carboxylic acid groups (broad SMARTS) is 1. The summed E-state index contributed by atoms with van der Waals surface area (Å²) in [4.78, 5) is 15.7. The van der Waals surface area contributed by atoms with Crippen molar-refractivity contribution in [3.63, 3.8) is 0 Å². The van der Waals surface area contributed by atoms with Gasteiger partial charge in [0.2, 0.25) is 0 Å². The fourth-order valence-corrected chi connectivity index (χ4v) is 4.71. The normalized spacial score (nSPS) is 23.5. The number of imidazole rings is 1. The number of hydrogen-bond acceptors (Lipinski definition) is 4. The third-order valence-corrected chi connectivity index (χ3v) is 5.87. The Labute approximate surface area is 124 Å². The Morgan fingerprint density at radius 3 is 2.71 bits per heavy atom. The van der Waals surface area contributed by atoms with Gasteiger partial charge in [-0.2, -0.15) is 4.31 Å². The fourth-order valence-electron chi connectivity index (χ4n) is 2.95. The molecule has 0 aromatic carbocycles. The Bertz CT molecular complexity index is 625. The van der Waals surface area contributed by atoms with Crippen molar-refractivity contribution in [3.8, 4) is 0 Å². The van der Waals surface area contributed by atoms with Gasteiger partial charge in [-0.05, 0) is 26.2 Å². The molecule has 1 saturated heterocycles. The number of aliphatic carboxylic acids is 1. The second-order valence-corrected chi connectivity index (χ2v) is 7.12. The number of carboxylic acids is 1. The minimum absolute atomic E-state index is 0.0759. The van der Waals surface area contributed by atoms with Gasteiger partial charge in [-0.25, -0.2) is 13.4 Å². The molecule has 1 aliphatic heterocycles. The van der Waals surface area contributed by atoms with Crippen LogP contribution in [0.25, 0.3) is 0 Å². The highest BCUT2D eigenvalue weighted by atomic mass is 32.2. The number of rotatable bonds is 6. The second-order valence-electron chi connectivity index (χ2n) is 5.31. The predicted molar refractivity (Wildman–Crippen MR) is 76.3 cm³/mol. The smallest absolute Gasteiger partial charge is 0.325 e. The van der Waals surface area contributed by atoms with E-state index < -0.39 is 21.5 Å². The van der Waals surface area contributed by atoms with E-state index in [1.165, 1.54) is 12.5 Å². The molecule has 0 amide bonds. The van der Waals surface area contributed by atoms with E-state index >= 15 is 0 Å². The van der Waals surface area contributed by atoms with Gasteiger partial charge in [0.25, 0.3) is 10.0 Å². The van der Waals surface area contributed by atoms with Gasteiger partial charge in [0.1, 0.15) is 5.54 Å². The third-order valence-electron chi connectivity index (χ3n) is 4.02. The SMILES string of the molecule is CCCC1(C(=O)O)CCCN1S(=O)(=O)c1cn(CC)cn1. The summed E-state index contributed by atoms with van der Waals surface area (Å²) in [6, 6.07) is 0. The number of aromatic nitrogens is 2. The molecule has 8 heteroatoms. The Balaban J connectivity index is 2.44. The average molecular weight is 315 g/mol. The van der Waals surface area contributed by atoms with Gasteiger partial charge < -0.3 is 9.67 Å². The van der Waals surface area contributed by atoms with Crippen LogP contribution in [0.3, 0.4) is 0 Å². The van der Waals surface area contributed by atoms with Gasteiger partial charge in [0.15, 0.2) is 5.03 Å². The number of hydrogen-bond donors (Lipinski definition) is 1. The zero-order valence-electron chi connectivity index (χ0n) is 12.3. The number of sulfonamides is 1. The van der Waals surface area contributed by atoms with Crippen molar-refractivity contribution in [2.24, 2.45) is 0 Å². The molecule has 1 N–H and O–H groups in total. The first-order valence-corrected chi connectivity index (χ1v) is 8.60. The third kappa shape index (κ3) is 2.57. The van der Waals surface area contributed by atoms with E-state index in [4.69, 9.17) is 0 Å². The minimum atomic E-state index is -3.88.